The maximum atomic E-state index is 12.3. The lowest BCUT2D eigenvalue weighted by atomic mass is 9.91. The summed E-state index contributed by atoms with van der Waals surface area (Å²) in [6, 6.07) is 3.71. The van der Waals surface area contributed by atoms with Crippen LogP contribution in [0.25, 0.3) is 0 Å². The molecule has 0 bridgehead atoms. The van der Waals surface area contributed by atoms with Gasteiger partial charge >= 0.3 is 5.97 Å². The van der Waals surface area contributed by atoms with Crippen molar-refractivity contribution in [1.29, 1.82) is 0 Å². The van der Waals surface area contributed by atoms with Crippen LogP contribution in [0.4, 0.5) is 0 Å². The SMILES string of the molecule is O=C(O)C1CC12CCN(C(=O)c1ccc(Br)s1)CC2. The van der Waals surface area contributed by atoms with Crippen molar-refractivity contribution in [1.82, 2.24) is 4.90 Å². The summed E-state index contributed by atoms with van der Waals surface area (Å²) < 4.78 is 0.956. The van der Waals surface area contributed by atoms with Crippen molar-refractivity contribution < 1.29 is 14.7 Å². The van der Waals surface area contributed by atoms with E-state index in [1.54, 1.807) is 0 Å². The van der Waals surface area contributed by atoms with Crippen molar-refractivity contribution in [2.45, 2.75) is 19.3 Å². The van der Waals surface area contributed by atoms with Gasteiger partial charge in [-0.3, -0.25) is 9.59 Å². The van der Waals surface area contributed by atoms with Gasteiger partial charge in [0.15, 0.2) is 0 Å². The van der Waals surface area contributed by atoms with Gasteiger partial charge in [0, 0.05) is 13.1 Å². The number of carboxylic acid groups (broad SMARTS) is 1. The van der Waals surface area contributed by atoms with Gasteiger partial charge < -0.3 is 10.0 Å². The number of carboxylic acids is 1. The predicted molar refractivity (Wildman–Crippen MR) is 75.3 cm³/mol. The number of piperidine rings is 1. The molecule has 1 amide bonds. The van der Waals surface area contributed by atoms with Gasteiger partial charge in [0.1, 0.15) is 0 Å². The Kier molecular flexibility index (Phi) is 3.17. The molecule has 2 heterocycles. The average Bonchev–Trinajstić information content (AvgIpc) is 2.91. The molecule has 3 rings (SSSR count). The fourth-order valence-corrected chi connectivity index (χ4v) is 4.34. The number of halogens is 1. The van der Waals surface area contributed by atoms with Crippen LogP contribution >= 0.6 is 27.3 Å². The summed E-state index contributed by atoms with van der Waals surface area (Å²) in [5, 5.41) is 9.04. The fourth-order valence-electron chi connectivity index (χ4n) is 2.99. The van der Waals surface area contributed by atoms with E-state index < -0.39 is 5.97 Å². The Balaban J connectivity index is 1.62. The molecule has 4 nitrogen and oxygen atoms in total. The normalized spacial score (nSPS) is 24.5. The highest BCUT2D eigenvalue weighted by atomic mass is 79.9. The molecule has 6 heteroatoms. The van der Waals surface area contributed by atoms with Crippen molar-refractivity contribution in [2.75, 3.05) is 13.1 Å². The van der Waals surface area contributed by atoms with Crippen LogP contribution in [0.1, 0.15) is 28.9 Å². The summed E-state index contributed by atoms with van der Waals surface area (Å²) in [6.45, 7) is 1.36. The van der Waals surface area contributed by atoms with Crippen LogP contribution in [0.15, 0.2) is 15.9 Å². The van der Waals surface area contributed by atoms with E-state index >= 15 is 0 Å². The van der Waals surface area contributed by atoms with Gasteiger partial charge in [-0.2, -0.15) is 0 Å². The molecule has 1 aliphatic carbocycles. The van der Waals surface area contributed by atoms with Crippen LogP contribution in [0, 0.1) is 11.3 Å². The van der Waals surface area contributed by atoms with Crippen LogP contribution in [-0.4, -0.2) is 35.0 Å². The topological polar surface area (TPSA) is 57.6 Å². The molecule has 1 aromatic rings. The summed E-state index contributed by atoms with van der Waals surface area (Å²) >= 11 is 4.80. The van der Waals surface area contributed by atoms with Crippen LogP contribution in [0.3, 0.4) is 0 Å². The molecule has 1 N–H and O–H groups in total. The van der Waals surface area contributed by atoms with E-state index in [0.29, 0.717) is 13.1 Å². The van der Waals surface area contributed by atoms with Gasteiger partial charge in [-0.25, -0.2) is 0 Å². The zero-order chi connectivity index (χ0) is 13.6. The number of carbonyl (C=O) groups is 2. The summed E-state index contributed by atoms with van der Waals surface area (Å²) in [5.74, 6) is -0.791. The van der Waals surface area contributed by atoms with E-state index in [-0.39, 0.29) is 17.2 Å². The summed E-state index contributed by atoms with van der Waals surface area (Å²) in [6.07, 6.45) is 2.43. The molecule has 1 atom stereocenters. The lowest BCUT2D eigenvalue weighted by Gasteiger charge is -2.32. The minimum atomic E-state index is -0.679. The predicted octanol–water partition coefficient (Wildman–Crippen LogP) is 2.84. The van der Waals surface area contributed by atoms with E-state index in [1.165, 1.54) is 11.3 Å². The van der Waals surface area contributed by atoms with E-state index in [9.17, 15) is 9.59 Å². The van der Waals surface area contributed by atoms with E-state index in [2.05, 4.69) is 15.9 Å². The lowest BCUT2D eigenvalue weighted by Crippen LogP contribution is -2.39. The summed E-state index contributed by atoms with van der Waals surface area (Å²) in [4.78, 5) is 25.8. The molecule has 1 aliphatic heterocycles. The molecular formula is C13H14BrNO3S. The summed E-state index contributed by atoms with van der Waals surface area (Å²) in [5.41, 5.74) is -0.0152. The zero-order valence-electron chi connectivity index (χ0n) is 10.3. The molecule has 2 fully saturated rings. The van der Waals surface area contributed by atoms with E-state index in [4.69, 9.17) is 5.11 Å². The molecule has 1 spiro atoms. The maximum Gasteiger partial charge on any atom is 0.307 e. The number of aliphatic carboxylic acids is 1. The first-order chi connectivity index (χ1) is 9.02. The third kappa shape index (κ3) is 2.31. The van der Waals surface area contributed by atoms with Crippen LogP contribution in [-0.2, 0) is 4.79 Å². The first-order valence-electron chi connectivity index (χ1n) is 6.29. The quantitative estimate of drug-likeness (QED) is 0.898. The zero-order valence-corrected chi connectivity index (χ0v) is 12.7. The molecular weight excluding hydrogens is 330 g/mol. The highest BCUT2D eigenvalue weighted by Crippen LogP contribution is 2.59. The van der Waals surface area contributed by atoms with Gasteiger partial charge in [0.2, 0.25) is 0 Å². The number of hydrogen-bond donors (Lipinski definition) is 1. The Morgan fingerprint density at radius 1 is 1.37 bits per heavy atom. The molecule has 2 aliphatic rings. The van der Waals surface area contributed by atoms with Gasteiger partial charge in [-0.1, -0.05) is 0 Å². The number of likely N-dealkylation sites (tertiary alicyclic amines) is 1. The van der Waals surface area contributed by atoms with E-state index in [1.807, 2.05) is 17.0 Å². The highest BCUT2D eigenvalue weighted by Gasteiger charge is 2.59. The average molecular weight is 344 g/mol. The standard InChI is InChI=1S/C13H14BrNO3S/c14-10-2-1-9(19-10)11(16)15-5-3-13(4-6-15)7-8(13)12(17)18/h1-2,8H,3-7H2,(H,17,18). The van der Waals surface area contributed by atoms with Gasteiger partial charge in [0.05, 0.1) is 14.6 Å². The number of nitrogens with zero attached hydrogens (tertiary/aromatic N) is 1. The second-order valence-corrected chi connectivity index (χ2v) is 7.82. The number of amides is 1. The fraction of sp³-hybridized carbons (Fsp3) is 0.538. The third-order valence-corrected chi connectivity index (χ3v) is 5.93. The monoisotopic (exact) mass is 343 g/mol. The number of thiophene rings is 1. The molecule has 19 heavy (non-hydrogen) atoms. The maximum absolute atomic E-state index is 12.3. The van der Waals surface area contributed by atoms with E-state index in [0.717, 1.165) is 27.9 Å². The number of rotatable bonds is 2. The summed E-state index contributed by atoms with van der Waals surface area (Å²) in [7, 11) is 0. The van der Waals surface area contributed by atoms with Crippen LogP contribution in [0.2, 0.25) is 0 Å². The number of hydrogen-bond acceptors (Lipinski definition) is 3. The Morgan fingerprint density at radius 3 is 2.53 bits per heavy atom. The van der Waals surface area contributed by atoms with Gasteiger partial charge in [-0.05, 0) is 52.7 Å². The second kappa shape index (κ2) is 4.59. The molecule has 1 saturated carbocycles. The molecule has 1 aromatic heterocycles. The first kappa shape index (κ1) is 13.1. The van der Waals surface area contributed by atoms with Crippen molar-refractivity contribution in [2.24, 2.45) is 11.3 Å². The third-order valence-electron chi connectivity index (χ3n) is 4.32. The van der Waals surface area contributed by atoms with Crippen molar-refractivity contribution in [3.8, 4) is 0 Å². The molecule has 1 saturated heterocycles. The lowest BCUT2D eigenvalue weighted by molar-refractivity contribution is -0.139. The van der Waals surface area contributed by atoms with Crippen molar-refractivity contribution in [3.63, 3.8) is 0 Å². The molecule has 1 unspecified atom stereocenters. The first-order valence-corrected chi connectivity index (χ1v) is 7.90. The Hall–Kier alpha value is -0.880. The largest absolute Gasteiger partial charge is 0.481 e. The number of carbonyl (C=O) groups excluding carboxylic acids is 1. The minimum Gasteiger partial charge on any atom is -0.481 e. The smallest absolute Gasteiger partial charge is 0.307 e. The van der Waals surface area contributed by atoms with Crippen molar-refractivity contribution >= 4 is 39.1 Å². The highest BCUT2D eigenvalue weighted by molar-refractivity contribution is 9.11. The second-order valence-electron chi connectivity index (χ2n) is 5.35. The van der Waals surface area contributed by atoms with Gasteiger partial charge in [0.25, 0.3) is 5.91 Å². The Bertz CT molecular complexity index is 534. The van der Waals surface area contributed by atoms with Crippen LogP contribution in [0.5, 0.6) is 0 Å². The minimum absolute atomic E-state index is 0.0152. The van der Waals surface area contributed by atoms with Gasteiger partial charge in [-0.15, -0.1) is 11.3 Å². The molecule has 102 valence electrons. The molecule has 0 radical (unpaired) electrons. The Labute approximate surface area is 123 Å². The molecule has 0 aromatic carbocycles. The Morgan fingerprint density at radius 2 is 2.05 bits per heavy atom. The van der Waals surface area contributed by atoms with Crippen molar-refractivity contribution in [3.05, 3.63) is 20.8 Å². The van der Waals surface area contributed by atoms with Crippen LogP contribution < -0.4 is 0 Å².